The first-order chi connectivity index (χ1) is 67.9. The number of likely N-dealkylation sites (tertiary alicyclic amines) is 3. The molecule has 3 aliphatic heterocycles. The molecule has 0 radical (unpaired) electrons. The molecule has 25 atom stereocenters. The van der Waals surface area contributed by atoms with Crippen molar-refractivity contribution in [2.24, 2.45) is 40.9 Å². The number of carboxylic acid groups (broad SMARTS) is 2. The highest BCUT2D eigenvalue weighted by Crippen LogP contribution is 2.26. The number of hydrogen-bond acceptors (Lipinski definition) is 30. The van der Waals surface area contributed by atoms with Gasteiger partial charge in [-0.05, 0) is 161 Å². The Hall–Kier alpha value is -12.8. The van der Waals surface area contributed by atoms with Crippen LogP contribution in [0.3, 0.4) is 0 Å². The molecule has 20 amide bonds. The summed E-state index contributed by atoms with van der Waals surface area (Å²) in [5, 5.41) is 122. The SMILES string of the molecule is CC[C@H](C)[C@H](NC(=O)[C@H](C)N)C(=O)N1CCC[C@H]1C(=O)N[C@@H](C)C(=O)N1CCC[C@H]1C(=O)N[C@H](C(=O)N[C@@H](CC(=O)O)C(=O)N[C@@H](CC(C)C)C(=O)N[C@@H](CCCCN)C(=O)N[C@@H](Cc1ccccc1)C(=O)N[C@H](C(=O)N[C@@H](CCC(N)=O)C(=O)N[C@H](C(=O)N[C@H](C(=O)N1CCC[C@H]1C(=O)N[C@H](C(=O)N[C@@H](CO)C(=O)N[C@@H](CC(C)C)C(=O)N[C@@H](CO)C(=O)N[C@@H](C)C(=O)O)[C@@H](C)O)[C@@H](C)O)C(C)C)[C@@H](C)O)[C@@H](C)O. The molecule has 3 saturated heterocycles. The van der Waals surface area contributed by atoms with Crippen LogP contribution in [0.2, 0.25) is 0 Å². The standard InChI is InChI=1S/C93H152N22O30/c1-16-46(8)69(108-74(125)47(9)95)91(142)114-35-23-28-63(114)83(134)97-48(10)90(141)113-34-22-29-64(113)84(135)110-71(51(13)119)88(139)104-60(40-67(123)124)79(130)101-57(37-43(2)3)77(128)99-55(27-20-21-33-94)75(126)103-59(39-54-25-18-17-19-26-54)80(131)109-70(50(12)118)87(138)100-56(31-32-66(96)122)76(127)107-68(45(6)7)86(137)112-73(53(15)121)92(143)115-36-24-30-65(115)85(136)111-72(52(14)120)89(140)106-62(42-117)82(133)102-58(38-44(4)5)78(129)105-61(41-116)81(132)98-49(11)93(144)145/h17-19,25-26,43-53,55-65,68-73,116-121H,16,20-24,27-42,94-95H2,1-15H3,(H2,96,122)(H,97,134)(H,98,132)(H,99,128)(H,100,138)(H,101,130)(H,102,133)(H,103,126)(H,104,139)(H,105,129)(H,106,140)(H,107,127)(H,108,125)(H,109,131)(H,110,135)(H,111,136)(H,112,137)(H,123,124)(H,144,145)/t46-,47-,48-,49-,50+,51+,52+,53+,55-,56-,57-,58-,59-,60-,61-,62-,63-,64-,65-,68-,69-,70-,71-,72-,73-/m0/s1. The zero-order valence-electron chi connectivity index (χ0n) is 84.7. The van der Waals surface area contributed by atoms with E-state index in [0.717, 1.165) is 44.4 Å². The Balaban J connectivity index is 1.54. The maximum absolute atomic E-state index is 14.9. The van der Waals surface area contributed by atoms with Crippen molar-refractivity contribution in [3.63, 3.8) is 0 Å². The predicted molar refractivity (Wildman–Crippen MR) is 516 cm³/mol. The van der Waals surface area contributed by atoms with Gasteiger partial charge in [0.2, 0.25) is 118 Å². The summed E-state index contributed by atoms with van der Waals surface area (Å²) in [5.41, 5.74) is 17.6. The highest BCUT2D eigenvalue weighted by atomic mass is 16.4. The van der Waals surface area contributed by atoms with E-state index in [2.05, 4.69) is 85.1 Å². The Bertz CT molecular complexity index is 4640. The molecule has 0 unspecified atom stereocenters. The van der Waals surface area contributed by atoms with E-state index >= 15 is 0 Å². The summed E-state index contributed by atoms with van der Waals surface area (Å²) in [6.07, 6.45) is -8.61. The third kappa shape index (κ3) is 38.9. The first-order valence-corrected chi connectivity index (χ1v) is 48.9. The van der Waals surface area contributed by atoms with E-state index in [1.165, 1.54) is 32.6 Å². The lowest BCUT2D eigenvalue weighted by Crippen LogP contribution is -2.63. The number of benzene rings is 1. The number of aliphatic hydroxyl groups is 6. The highest BCUT2D eigenvalue weighted by Gasteiger charge is 2.48. The molecular formula is C93H152N22O30. The minimum Gasteiger partial charge on any atom is -0.481 e. The summed E-state index contributed by atoms with van der Waals surface area (Å²) in [7, 11) is 0. The number of hydrogen-bond donors (Lipinski definition) is 27. The quantitative estimate of drug-likeness (QED) is 0.0269. The van der Waals surface area contributed by atoms with E-state index in [1.807, 2.05) is 6.92 Å². The molecule has 0 aromatic heterocycles. The third-order valence-electron chi connectivity index (χ3n) is 24.8. The minimum absolute atomic E-state index is 0.00635. The van der Waals surface area contributed by atoms with Crippen LogP contribution in [0, 0.1) is 23.7 Å². The average Bonchev–Trinajstić information content (AvgIpc) is 1.70. The number of nitrogens with two attached hydrogens (primary N) is 3. The Morgan fingerprint density at radius 2 is 0.717 bits per heavy atom. The molecule has 4 rings (SSSR count). The van der Waals surface area contributed by atoms with Gasteiger partial charge >= 0.3 is 11.9 Å². The van der Waals surface area contributed by atoms with Gasteiger partial charge in [-0.1, -0.05) is 92.1 Å². The molecule has 145 heavy (non-hydrogen) atoms. The van der Waals surface area contributed by atoms with E-state index in [4.69, 9.17) is 17.2 Å². The predicted octanol–water partition coefficient (Wildman–Crippen LogP) is -9.40. The normalized spacial score (nSPS) is 19.1. The molecule has 814 valence electrons. The zero-order valence-corrected chi connectivity index (χ0v) is 84.7. The van der Waals surface area contributed by atoms with Crippen molar-refractivity contribution in [2.75, 3.05) is 39.4 Å². The van der Waals surface area contributed by atoms with E-state index in [-0.39, 0.29) is 109 Å². The van der Waals surface area contributed by atoms with Crippen LogP contribution in [0.1, 0.15) is 206 Å². The Morgan fingerprint density at radius 1 is 0.372 bits per heavy atom. The number of primary amides is 1. The van der Waals surface area contributed by atoms with E-state index in [9.17, 15) is 146 Å². The van der Waals surface area contributed by atoms with E-state index in [0.29, 0.717) is 18.4 Å². The van der Waals surface area contributed by atoms with E-state index < -0.39 is 320 Å². The first kappa shape index (κ1) is 125. The number of aliphatic hydroxyl groups excluding tert-OH is 6. The maximum Gasteiger partial charge on any atom is 0.325 e. The van der Waals surface area contributed by atoms with Crippen LogP contribution in [0.25, 0.3) is 0 Å². The van der Waals surface area contributed by atoms with E-state index in [1.54, 1.807) is 65.0 Å². The lowest BCUT2D eigenvalue weighted by Gasteiger charge is -2.33. The molecule has 1 aromatic rings. The third-order valence-corrected chi connectivity index (χ3v) is 24.8. The van der Waals surface area contributed by atoms with Crippen molar-refractivity contribution in [3.05, 3.63) is 35.9 Å². The second-order valence-electron chi connectivity index (χ2n) is 38.4. The van der Waals surface area contributed by atoms with Gasteiger partial charge in [-0.2, -0.15) is 0 Å². The second kappa shape index (κ2) is 60.2. The molecule has 0 saturated carbocycles. The van der Waals surface area contributed by atoms with Crippen LogP contribution in [0.15, 0.2) is 30.3 Å². The van der Waals surface area contributed by atoms with Gasteiger partial charge in [0.05, 0.1) is 50.1 Å². The van der Waals surface area contributed by atoms with Gasteiger partial charge in [0.1, 0.15) is 115 Å². The summed E-state index contributed by atoms with van der Waals surface area (Å²) in [4.78, 5) is 308. The lowest BCUT2D eigenvalue weighted by atomic mass is 9.97. The van der Waals surface area contributed by atoms with Crippen LogP contribution in [0.5, 0.6) is 0 Å². The molecule has 3 heterocycles. The number of nitrogens with one attached hydrogen (secondary N) is 16. The number of carbonyl (C=O) groups excluding carboxylic acids is 20. The summed E-state index contributed by atoms with van der Waals surface area (Å²) in [5.74, 6) is -25.8. The van der Waals surface area contributed by atoms with Crippen LogP contribution in [-0.2, 0) is 112 Å². The van der Waals surface area contributed by atoms with Crippen molar-refractivity contribution in [1.82, 2.24) is 99.8 Å². The van der Waals surface area contributed by atoms with Crippen LogP contribution >= 0.6 is 0 Å². The van der Waals surface area contributed by atoms with Gasteiger partial charge in [0.15, 0.2) is 0 Å². The van der Waals surface area contributed by atoms with Gasteiger partial charge in [-0.3, -0.25) is 105 Å². The monoisotopic (exact) mass is 2060 g/mol. The van der Waals surface area contributed by atoms with Crippen molar-refractivity contribution in [1.29, 1.82) is 0 Å². The molecule has 3 aliphatic rings. The Kier molecular flexibility index (Phi) is 51.7. The number of rotatable bonds is 60. The van der Waals surface area contributed by atoms with Crippen LogP contribution in [-0.4, -0.2) is 370 Å². The lowest BCUT2D eigenvalue weighted by molar-refractivity contribution is -0.145. The van der Waals surface area contributed by atoms with Crippen LogP contribution < -0.4 is 102 Å². The Labute approximate surface area is 840 Å². The molecular weight excluding hydrogens is 1910 g/mol. The molecule has 30 N–H and O–H groups in total. The number of amides is 20. The van der Waals surface area contributed by atoms with Crippen molar-refractivity contribution in [2.45, 2.75) is 352 Å². The number of nitrogens with zero attached hydrogens (tertiary/aromatic N) is 3. The fourth-order valence-electron chi connectivity index (χ4n) is 16.3. The minimum atomic E-state index is -2.05. The van der Waals surface area contributed by atoms with Crippen LogP contribution in [0.4, 0.5) is 0 Å². The fraction of sp³-hybridized carbons (Fsp3) is 0.699. The van der Waals surface area contributed by atoms with Gasteiger partial charge < -0.3 is 158 Å². The molecule has 52 heteroatoms. The Morgan fingerprint density at radius 3 is 1.14 bits per heavy atom. The number of carboxylic acids is 2. The molecule has 3 fully saturated rings. The first-order valence-electron chi connectivity index (χ1n) is 48.9. The van der Waals surface area contributed by atoms with Gasteiger partial charge in [0, 0.05) is 32.5 Å². The topological polar surface area (TPSA) is 818 Å². The number of aliphatic carboxylic acids is 2. The fourth-order valence-corrected chi connectivity index (χ4v) is 16.3. The maximum atomic E-state index is 14.9. The average molecular weight is 2060 g/mol. The summed E-state index contributed by atoms with van der Waals surface area (Å²) >= 11 is 0. The summed E-state index contributed by atoms with van der Waals surface area (Å²) < 4.78 is 0. The smallest absolute Gasteiger partial charge is 0.325 e. The van der Waals surface area contributed by atoms with Gasteiger partial charge in [-0.15, -0.1) is 0 Å². The second-order valence-corrected chi connectivity index (χ2v) is 38.4. The highest BCUT2D eigenvalue weighted by molar-refractivity contribution is 6.03. The molecule has 1 aromatic carbocycles. The van der Waals surface area contributed by atoms with Crippen molar-refractivity contribution >= 4 is 130 Å². The van der Waals surface area contributed by atoms with Crippen molar-refractivity contribution in [3.8, 4) is 0 Å². The number of unbranched alkanes of at least 4 members (excludes halogenated alkanes) is 1. The summed E-state index contributed by atoms with van der Waals surface area (Å²) in [6.45, 7) is 19.2. The molecule has 0 bridgehead atoms. The molecule has 52 nitrogen and oxygen atoms in total. The number of carbonyl (C=O) groups is 22. The van der Waals surface area contributed by atoms with Gasteiger partial charge in [0.25, 0.3) is 0 Å². The molecule has 0 spiro atoms. The van der Waals surface area contributed by atoms with Gasteiger partial charge in [-0.25, -0.2) is 0 Å². The zero-order chi connectivity index (χ0) is 110. The largest absolute Gasteiger partial charge is 0.481 e. The molecule has 0 aliphatic carbocycles. The summed E-state index contributed by atoms with van der Waals surface area (Å²) in [6, 6.07) is -23.9. The van der Waals surface area contributed by atoms with Crippen molar-refractivity contribution < 1.29 is 146 Å².